The van der Waals surface area contributed by atoms with Gasteiger partial charge in [0, 0.05) is 48.2 Å². The third-order valence-electron chi connectivity index (χ3n) is 8.77. The minimum atomic E-state index is -0.638. The van der Waals surface area contributed by atoms with Gasteiger partial charge >= 0.3 is 0 Å². The van der Waals surface area contributed by atoms with Crippen LogP contribution in [0.4, 0.5) is 8.78 Å². The van der Waals surface area contributed by atoms with Gasteiger partial charge in [-0.05, 0) is 62.9 Å². The number of halogens is 3. The number of fused-ring (bicyclic) bond motifs is 1. The van der Waals surface area contributed by atoms with Gasteiger partial charge in [-0.2, -0.15) is 0 Å². The number of likely N-dealkylation sites (tertiary alicyclic amines) is 1. The quantitative estimate of drug-likeness (QED) is 0.252. The first kappa shape index (κ1) is 38.5. The minimum Gasteiger partial charge on any atom is -0.494 e. The van der Waals surface area contributed by atoms with Crippen LogP contribution in [0.15, 0.2) is 54.7 Å². The number of hydrogen-bond donors (Lipinski definition) is 3. The summed E-state index contributed by atoms with van der Waals surface area (Å²) in [4.78, 5) is 22.9. The third-order valence-corrected chi connectivity index (χ3v) is 9.14. The molecule has 0 bridgehead atoms. The van der Waals surface area contributed by atoms with Crippen molar-refractivity contribution in [2.24, 2.45) is 29.0 Å². The maximum Gasteiger partial charge on any atom is 0.225 e. The number of nitrogens with zero attached hydrogens (tertiary/aromatic N) is 1. The topological polar surface area (TPSA) is 134 Å². The maximum absolute atomic E-state index is 15.1. The highest BCUT2D eigenvalue weighted by Crippen LogP contribution is 2.48. The molecule has 6 N–H and O–H groups in total. The van der Waals surface area contributed by atoms with Crippen LogP contribution < -0.4 is 26.7 Å². The van der Waals surface area contributed by atoms with E-state index in [0.717, 1.165) is 50.7 Å². The molecule has 1 atom stereocenters. The molecule has 11 heteroatoms. The highest BCUT2D eigenvalue weighted by atomic mass is 35.5. The third kappa shape index (κ3) is 9.35. The van der Waals surface area contributed by atoms with E-state index >= 15 is 4.39 Å². The number of benzene rings is 3. The molecule has 0 radical (unpaired) electrons. The van der Waals surface area contributed by atoms with Gasteiger partial charge in [0.2, 0.25) is 5.91 Å². The average Bonchev–Trinajstić information content (AvgIpc) is 3.53. The zero-order chi connectivity index (χ0) is 35.2. The molecule has 3 aromatic carbocycles. The van der Waals surface area contributed by atoms with Gasteiger partial charge in [-0.15, -0.1) is 0 Å². The van der Waals surface area contributed by atoms with Crippen molar-refractivity contribution in [3.63, 3.8) is 0 Å². The number of rotatable bonds is 6. The monoisotopic (exact) mass is 684 g/mol. The molecule has 2 fully saturated rings. The molecule has 3 aromatic rings. The lowest BCUT2D eigenvalue weighted by Gasteiger charge is -2.41. The molecule has 1 saturated carbocycles. The van der Waals surface area contributed by atoms with Crippen molar-refractivity contribution in [3.05, 3.63) is 88.1 Å². The van der Waals surface area contributed by atoms with Gasteiger partial charge in [-0.3, -0.25) is 4.79 Å². The van der Waals surface area contributed by atoms with Crippen LogP contribution in [0.2, 0.25) is 5.02 Å². The number of nitrogens with two attached hydrogens (primary N) is 3. The molecule has 1 amide bonds. The molecule has 2 heterocycles. The maximum atomic E-state index is 15.1. The first-order chi connectivity index (χ1) is 23.2. The lowest BCUT2D eigenvalue weighted by Crippen LogP contribution is -2.52. The molecule has 1 unspecified atom stereocenters. The van der Waals surface area contributed by atoms with Crippen LogP contribution >= 0.6 is 11.6 Å². The van der Waals surface area contributed by atoms with Crippen LogP contribution in [0, 0.1) is 30.4 Å². The number of ether oxygens (including phenoxy) is 2. The fraction of sp³-hybridized carbons (Fsp3) is 0.432. The first-order valence-corrected chi connectivity index (χ1v) is 16.6. The van der Waals surface area contributed by atoms with Crippen LogP contribution in [-0.2, 0) is 16.0 Å². The zero-order valence-electron chi connectivity index (χ0n) is 27.9. The van der Waals surface area contributed by atoms with Gasteiger partial charge in [-0.25, -0.2) is 13.6 Å². The molecule has 1 aliphatic carbocycles. The average molecular weight is 685 g/mol. The summed E-state index contributed by atoms with van der Waals surface area (Å²) in [5, 5.41) is -0.110. The van der Waals surface area contributed by atoms with E-state index in [2.05, 4.69) is 11.5 Å². The first-order valence-electron chi connectivity index (χ1n) is 16.3. The van der Waals surface area contributed by atoms with Crippen LogP contribution in [0.3, 0.4) is 0 Å². The predicted molar refractivity (Wildman–Crippen MR) is 186 cm³/mol. The second-order valence-corrected chi connectivity index (χ2v) is 12.2. The standard InChI is InChI=1S/C22H17ClF2O2.C12H22N2O.C2H3NO.CH5N/c1-12-8-9-16(26-2)22(25)19(12)20-14-10-17(13-6-4-3-5-7-13)27-18(14)11-15(24)21(20)23;13-7-6-10-8-14(9-10)12(15)11-4-2-1-3-5-11;3-1-2-4;1-2/h3-9,11,17H,10H2,1-2H3;10-11H,1-9,13H2;1H,3H2;2H2,1H3. The molecule has 48 heavy (non-hydrogen) atoms. The number of aryl methyl sites for hydroxylation is 1. The van der Waals surface area contributed by atoms with Crippen LogP contribution in [0.1, 0.15) is 61.3 Å². The zero-order valence-corrected chi connectivity index (χ0v) is 28.7. The molecule has 0 aromatic heterocycles. The van der Waals surface area contributed by atoms with Gasteiger partial charge in [-0.1, -0.05) is 67.3 Å². The second kappa shape index (κ2) is 19.1. The van der Waals surface area contributed by atoms with E-state index in [4.69, 9.17) is 31.6 Å². The molecule has 0 spiro atoms. The Hall–Kier alpha value is -3.95. The molecule has 3 aliphatic rings. The van der Waals surface area contributed by atoms with E-state index in [9.17, 15) is 9.18 Å². The number of methoxy groups -OCH3 is 1. The van der Waals surface area contributed by atoms with Gasteiger partial charge in [0.15, 0.2) is 11.6 Å². The van der Waals surface area contributed by atoms with Crippen LogP contribution in [0.25, 0.3) is 11.1 Å². The molecular weight excluding hydrogens is 638 g/mol. The summed E-state index contributed by atoms with van der Waals surface area (Å²) < 4.78 is 40.7. The van der Waals surface area contributed by atoms with Gasteiger partial charge in [0.1, 0.15) is 23.6 Å². The van der Waals surface area contributed by atoms with Crippen molar-refractivity contribution in [3.8, 4) is 22.6 Å². The highest BCUT2D eigenvalue weighted by Gasteiger charge is 2.34. The Balaban J connectivity index is 0.000000250. The Labute approximate surface area is 287 Å². The Morgan fingerprint density at radius 1 is 1.08 bits per heavy atom. The van der Waals surface area contributed by atoms with E-state index in [1.165, 1.54) is 45.4 Å². The van der Waals surface area contributed by atoms with E-state index in [1.807, 2.05) is 35.2 Å². The Morgan fingerprint density at radius 3 is 2.31 bits per heavy atom. The SMILES string of the molecule is CN.COc1ccc(C)c(-c2c(Cl)c(F)cc3c2CC(c2ccccc2)O3)c1F.NC=C=O.NCCC1CN(C(=O)C2CCCCC2)C1. The van der Waals surface area contributed by atoms with Gasteiger partial charge in [0.25, 0.3) is 0 Å². The molecule has 2 aliphatic heterocycles. The largest absolute Gasteiger partial charge is 0.494 e. The fourth-order valence-electron chi connectivity index (χ4n) is 6.34. The summed E-state index contributed by atoms with van der Waals surface area (Å²) in [7, 11) is 2.89. The Bertz CT molecular complexity index is 1540. The van der Waals surface area contributed by atoms with E-state index < -0.39 is 11.6 Å². The van der Waals surface area contributed by atoms with E-state index in [1.54, 1.807) is 19.1 Å². The van der Waals surface area contributed by atoms with Crippen molar-refractivity contribution in [2.45, 2.75) is 58.0 Å². The number of carbonyl (C=O) groups excluding carboxylic acids is 2. The molecule has 8 nitrogen and oxygen atoms in total. The lowest BCUT2D eigenvalue weighted by molar-refractivity contribution is -0.143. The smallest absolute Gasteiger partial charge is 0.225 e. The van der Waals surface area contributed by atoms with Crippen molar-refractivity contribution in [2.75, 3.05) is 33.8 Å². The summed E-state index contributed by atoms with van der Waals surface area (Å²) in [6.07, 6.45) is 8.16. The predicted octanol–water partition coefficient (Wildman–Crippen LogP) is 6.52. The molecular formula is C37H47ClF2N4O4. The summed E-state index contributed by atoms with van der Waals surface area (Å²) in [5.74, 6) is 2.06. The van der Waals surface area contributed by atoms with Crippen molar-refractivity contribution in [1.29, 1.82) is 0 Å². The second-order valence-electron chi connectivity index (χ2n) is 11.8. The number of amides is 1. The van der Waals surface area contributed by atoms with Crippen LogP contribution in [-0.4, -0.2) is 50.5 Å². The number of hydrogen-bond acceptors (Lipinski definition) is 7. The fourth-order valence-corrected chi connectivity index (χ4v) is 6.60. The van der Waals surface area contributed by atoms with Crippen LogP contribution in [0.5, 0.6) is 11.5 Å². The van der Waals surface area contributed by atoms with Crippen molar-refractivity contribution >= 4 is 23.4 Å². The number of carbonyl (C=O) groups is 1. The van der Waals surface area contributed by atoms with Crippen molar-refractivity contribution in [1.82, 2.24) is 4.90 Å². The summed E-state index contributed by atoms with van der Waals surface area (Å²) in [6, 6.07) is 14.2. The lowest BCUT2D eigenvalue weighted by atomic mass is 9.86. The van der Waals surface area contributed by atoms with E-state index in [-0.39, 0.29) is 22.4 Å². The normalized spacial score (nSPS) is 16.6. The van der Waals surface area contributed by atoms with E-state index in [0.29, 0.717) is 46.6 Å². The molecule has 260 valence electrons. The highest BCUT2D eigenvalue weighted by molar-refractivity contribution is 6.34. The van der Waals surface area contributed by atoms with Gasteiger partial charge in [0.05, 0.1) is 18.3 Å². The molecule has 6 rings (SSSR count). The van der Waals surface area contributed by atoms with Gasteiger partial charge < -0.3 is 31.6 Å². The minimum absolute atomic E-state index is 0.0863. The summed E-state index contributed by atoms with van der Waals surface area (Å²) in [6.45, 7) is 4.45. The van der Waals surface area contributed by atoms with Crippen molar-refractivity contribution < 1.29 is 27.8 Å². The molecule has 1 saturated heterocycles. The summed E-state index contributed by atoms with van der Waals surface area (Å²) >= 11 is 6.31. The summed E-state index contributed by atoms with van der Waals surface area (Å²) in [5.41, 5.74) is 17.4. The Kier molecular flexibility index (Phi) is 15.4. The Morgan fingerprint density at radius 2 is 1.73 bits per heavy atom.